The lowest BCUT2D eigenvalue weighted by atomic mass is 10.0. The number of nitriles is 1. The Morgan fingerprint density at radius 3 is 1.96 bits per heavy atom. The second kappa shape index (κ2) is 6.35. The average molecular weight is 362 g/mol. The van der Waals surface area contributed by atoms with Crippen molar-refractivity contribution in [1.82, 2.24) is 4.98 Å². The Hall–Kier alpha value is -3.48. The molecule has 2 nitrogen and oxygen atoms in total. The van der Waals surface area contributed by atoms with Crippen molar-refractivity contribution in [3.05, 3.63) is 90.8 Å². The molecule has 5 rings (SSSR count). The van der Waals surface area contributed by atoms with E-state index in [1.807, 2.05) is 29.5 Å². The number of pyridine rings is 1. The van der Waals surface area contributed by atoms with Gasteiger partial charge in [-0.25, -0.2) is 4.98 Å². The maximum atomic E-state index is 9.09. The normalized spacial score (nSPS) is 10.9. The lowest BCUT2D eigenvalue weighted by Crippen LogP contribution is -1.83. The molecular weight excluding hydrogens is 348 g/mol. The van der Waals surface area contributed by atoms with Crippen molar-refractivity contribution in [3.8, 4) is 28.3 Å². The zero-order chi connectivity index (χ0) is 18.2. The summed E-state index contributed by atoms with van der Waals surface area (Å²) in [6.07, 6.45) is 1.69. The number of aromatic nitrogens is 1. The molecule has 5 aromatic rings. The van der Waals surface area contributed by atoms with Crippen LogP contribution in [0.25, 0.3) is 42.4 Å². The quantitative estimate of drug-likeness (QED) is 0.352. The molecule has 2 aromatic heterocycles. The smallest absolute Gasteiger partial charge is 0.141 e. The zero-order valence-corrected chi connectivity index (χ0v) is 15.2. The van der Waals surface area contributed by atoms with Crippen LogP contribution in [0.2, 0.25) is 0 Å². The number of fused-ring (bicyclic) bond motifs is 3. The molecule has 0 N–H and O–H groups in total. The Balaban J connectivity index is 1.65. The van der Waals surface area contributed by atoms with Gasteiger partial charge >= 0.3 is 0 Å². The first-order valence-corrected chi connectivity index (χ1v) is 9.52. The van der Waals surface area contributed by atoms with Gasteiger partial charge in [-0.15, -0.1) is 11.3 Å². The molecule has 0 spiro atoms. The van der Waals surface area contributed by atoms with E-state index in [1.54, 1.807) is 6.20 Å². The van der Waals surface area contributed by atoms with Gasteiger partial charge in [-0.05, 0) is 46.5 Å². The van der Waals surface area contributed by atoms with Crippen LogP contribution in [-0.4, -0.2) is 4.98 Å². The van der Waals surface area contributed by atoms with Crippen LogP contribution in [-0.2, 0) is 0 Å². The van der Waals surface area contributed by atoms with Crippen LogP contribution in [0.4, 0.5) is 0 Å². The van der Waals surface area contributed by atoms with Gasteiger partial charge in [0.05, 0.1) is 0 Å². The van der Waals surface area contributed by atoms with Gasteiger partial charge < -0.3 is 0 Å². The molecule has 126 valence electrons. The van der Waals surface area contributed by atoms with Crippen LogP contribution in [0.15, 0.2) is 85.1 Å². The fourth-order valence-electron chi connectivity index (χ4n) is 3.44. The maximum absolute atomic E-state index is 9.09. The lowest BCUT2D eigenvalue weighted by Gasteiger charge is -2.02. The predicted molar refractivity (Wildman–Crippen MR) is 113 cm³/mol. The van der Waals surface area contributed by atoms with Crippen molar-refractivity contribution in [3.63, 3.8) is 0 Å². The largest absolute Gasteiger partial charge is 0.246 e. The van der Waals surface area contributed by atoms with Gasteiger partial charge in [0.2, 0.25) is 0 Å². The van der Waals surface area contributed by atoms with Gasteiger partial charge in [-0.3, -0.25) is 0 Å². The van der Waals surface area contributed by atoms with E-state index < -0.39 is 0 Å². The standard InChI is InChI=1S/C24H14N2S/c25-15-20-12-19(10-11-26-20)18-7-9-22-21-8-6-17(16-4-2-1-3-5-16)13-23(21)27-24(22)14-18/h1-14H. The number of hydrogen-bond acceptors (Lipinski definition) is 3. The summed E-state index contributed by atoms with van der Waals surface area (Å²) in [5.74, 6) is 0. The summed E-state index contributed by atoms with van der Waals surface area (Å²) in [7, 11) is 0. The third-order valence-corrected chi connectivity index (χ3v) is 5.90. The highest BCUT2D eigenvalue weighted by Gasteiger charge is 2.09. The molecule has 0 atom stereocenters. The molecule has 0 aliphatic carbocycles. The minimum Gasteiger partial charge on any atom is -0.246 e. The summed E-state index contributed by atoms with van der Waals surface area (Å²) in [5, 5.41) is 11.6. The van der Waals surface area contributed by atoms with Crippen LogP contribution in [0.5, 0.6) is 0 Å². The molecule has 0 saturated carbocycles. The molecule has 0 radical (unpaired) electrons. The van der Waals surface area contributed by atoms with Gasteiger partial charge in [0, 0.05) is 26.4 Å². The molecule has 3 aromatic carbocycles. The van der Waals surface area contributed by atoms with Gasteiger partial charge in [0.1, 0.15) is 11.8 Å². The molecule has 0 saturated heterocycles. The summed E-state index contributed by atoms with van der Waals surface area (Å²) in [6.45, 7) is 0. The third kappa shape index (κ3) is 2.77. The Kier molecular flexibility index (Phi) is 3.71. The summed E-state index contributed by atoms with van der Waals surface area (Å²) in [4.78, 5) is 4.06. The molecule has 0 aliphatic rings. The van der Waals surface area contributed by atoms with Crippen molar-refractivity contribution in [2.24, 2.45) is 0 Å². The van der Waals surface area contributed by atoms with Gasteiger partial charge in [0.25, 0.3) is 0 Å². The minimum atomic E-state index is 0.441. The molecule has 0 unspecified atom stereocenters. The highest BCUT2D eigenvalue weighted by Crippen LogP contribution is 2.38. The number of thiophene rings is 1. The highest BCUT2D eigenvalue weighted by atomic mass is 32.1. The number of benzene rings is 3. The fourth-order valence-corrected chi connectivity index (χ4v) is 4.62. The zero-order valence-electron chi connectivity index (χ0n) is 14.4. The van der Waals surface area contributed by atoms with Gasteiger partial charge in [0.15, 0.2) is 0 Å². The van der Waals surface area contributed by atoms with Crippen LogP contribution >= 0.6 is 11.3 Å². The molecule has 0 aliphatic heterocycles. The van der Waals surface area contributed by atoms with Crippen LogP contribution < -0.4 is 0 Å². The predicted octanol–water partition coefficient (Wildman–Crippen LogP) is 6.66. The van der Waals surface area contributed by atoms with E-state index >= 15 is 0 Å². The molecule has 0 bridgehead atoms. The fraction of sp³-hybridized carbons (Fsp3) is 0. The highest BCUT2D eigenvalue weighted by molar-refractivity contribution is 7.25. The Morgan fingerprint density at radius 1 is 0.667 bits per heavy atom. The monoisotopic (exact) mass is 362 g/mol. The molecule has 3 heteroatoms. The summed E-state index contributed by atoms with van der Waals surface area (Å²) in [6, 6.07) is 29.6. The van der Waals surface area contributed by atoms with E-state index in [4.69, 9.17) is 5.26 Å². The van der Waals surface area contributed by atoms with Crippen LogP contribution in [0.1, 0.15) is 5.69 Å². The second-order valence-corrected chi connectivity index (χ2v) is 7.52. The Bertz CT molecular complexity index is 1330. The number of hydrogen-bond donors (Lipinski definition) is 0. The summed E-state index contributed by atoms with van der Waals surface area (Å²) in [5.41, 5.74) is 5.04. The molecular formula is C24H14N2S. The first-order valence-electron chi connectivity index (χ1n) is 8.70. The molecule has 0 amide bonds. The van der Waals surface area contributed by atoms with Crippen LogP contribution in [0, 0.1) is 11.3 Å². The van der Waals surface area contributed by atoms with E-state index in [0.29, 0.717) is 5.69 Å². The first-order chi connectivity index (χ1) is 13.3. The Labute approximate surface area is 161 Å². The SMILES string of the molecule is N#Cc1cc(-c2ccc3c(c2)sc2cc(-c4ccccc4)ccc23)ccn1. The van der Waals surface area contributed by atoms with Crippen molar-refractivity contribution in [2.45, 2.75) is 0 Å². The topological polar surface area (TPSA) is 36.7 Å². The third-order valence-electron chi connectivity index (χ3n) is 4.79. The second-order valence-electron chi connectivity index (χ2n) is 6.43. The first kappa shape index (κ1) is 15.7. The summed E-state index contributed by atoms with van der Waals surface area (Å²) >= 11 is 1.81. The minimum absolute atomic E-state index is 0.441. The van der Waals surface area contributed by atoms with Crippen LogP contribution in [0.3, 0.4) is 0 Å². The molecule has 27 heavy (non-hydrogen) atoms. The maximum Gasteiger partial charge on any atom is 0.141 e. The van der Waals surface area contributed by atoms with Crippen molar-refractivity contribution < 1.29 is 0 Å². The lowest BCUT2D eigenvalue weighted by molar-refractivity contribution is 1.27. The van der Waals surface area contributed by atoms with E-state index in [0.717, 1.165) is 11.1 Å². The van der Waals surface area contributed by atoms with Crippen molar-refractivity contribution in [2.75, 3.05) is 0 Å². The molecule has 0 fully saturated rings. The van der Waals surface area contributed by atoms with Crippen molar-refractivity contribution >= 4 is 31.5 Å². The average Bonchev–Trinajstić information content (AvgIpc) is 3.11. The number of rotatable bonds is 2. The van der Waals surface area contributed by atoms with E-state index in [2.05, 4.69) is 71.7 Å². The summed E-state index contributed by atoms with van der Waals surface area (Å²) < 4.78 is 2.54. The Morgan fingerprint density at radius 2 is 1.30 bits per heavy atom. The van der Waals surface area contributed by atoms with Crippen molar-refractivity contribution in [1.29, 1.82) is 5.26 Å². The molecule has 2 heterocycles. The van der Waals surface area contributed by atoms with Gasteiger partial charge in [-0.1, -0.05) is 54.6 Å². The van der Waals surface area contributed by atoms with E-state index in [1.165, 1.54) is 31.3 Å². The van der Waals surface area contributed by atoms with E-state index in [9.17, 15) is 0 Å². The van der Waals surface area contributed by atoms with E-state index in [-0.39, 0.29) is 0 Å². The van der Waals surface area contributed by atoms with Gasteiger partial charge in [-0.2, -0.15) is 5.26 Å². The number of nitrogens with zero attached hydrogens (tertiary/aromatic N) is 2.